The highest BCUT2D eigenvalue weighted by Crippen LogP contribution is 2.35. The smallest absolute Gasteiger partial charge is 0.247 e. The minimum Gasteiger partial charge on any atom is -0.302 e. The molecule has 0 aliphatic heterocycles. The van der Waals surface area contributed by atoms with E-state index in [0.717, 1.165) is 0 Å². The third-order valence-corrected chi connectivity index (χ3v) is 2.71. The monoisotopic (exact) mass is 226 g/mol. The van der Waals surface area contributed by atoms with Gasteiger partial charge in [-0.1, -0.05) is 0 Å². The average Bonchev–Trinajstić information content (AvgIpc) is 2.57. The van der Waals surface area contributed by atoms with Crippen molar-refractivity contribution in [2.45, 2.75) is 18.2 Å². The number of rotatable bonds is 4. The molecule has 0 N–H and O–H groups in total. The molecular weight excluding hydrogens is 212 g/mol. The van der Waals surface area contributed by atoms with Gasteiger partial charge in [-0.3, -0.25) is 0 Å². The summed E-state index contributed by atoms with van der Waals surface area (Å²) in [5.74, 6) is 0. The van der Waals surface area contributed by atoms with Crippen molar-refractivity contribution in [1.29, 1.82) is 0 Å². The molecule has 1 rings (SSSR count). The SMILES string of the molecule is CN(C)C1C(O[Cl+3]([O-])([O-])[O-])C1N(C)C. The molecule has 0 spiro atoms. The Balaban J connectivity index is 2.55. The summed E-state index contributed by atoms with van der Waals surface area (Å²) in [6.07, 6.45) is -0.552. The Morgan fingerprint density at radius 2 is 1.29 bits per heavy atom. The van der Waals surface area contributed by atoms with Crippen LogP contribution in [0.25, 0.3) is 0 Å². The fourth-order valence-corrected chi connectivity index (χ4v) is 2.15. The Hall–Kier alpha value is 0.0500. The molecule has 0 aromatic rings. The van der Waals surface area contributed by atoms with E-state index < -0.39 is 16.3 Å². The molecule has 0 bridgehead atoms. The zero-order valence-corrected chi connectivity index (χ0v) is 9.39. The van der Waals surface area contributed by atoms with Gasteiger partial charge < -0.3 is 9.80 Å². The summed E-state index contributed by atoms with van der Waals surface area (Å²) in [5, 5.41) is 0. The molecule has 0 aromatic heterocycles. The second-order valence-corrected chi connectivity index (χ2v) is 4.77. The van der Waals surface area contributed by atoms with Crippen molar-refractivity contribution in [2.75, 3.05) is 28.2 Å². The van der Waals surface area contributed by atoms with Crippen molar-refractivity contribution >= 4 is 0 Å². The van der Waals surface area contributed by atoms with Gasteiger partial charge >= 0.3 is 0 Å². The number of halogens is 1. The molecule has 0 saturated heterocycles. The van der Waals surface area contributed by atoms with Gasteiger partial charge in [-0.15, -0.1) is 0 Å². The average molecular weight is 227 g/mol. The molecule has 1 aliphatic rings. The van der Waals surface area contributed by atoms with Crippen LogP contribution in [-0.2, 0) is 4.29 Å². The van der Waals surface area contributed by atoms with Gasteiger partial charge in [0.1, 0.15) is 0 Å². The predicted octanol–water partition coefficient (Wildman–Crippen LogP) is -3.86. The van der Waals surface area contributed by atoms with Crippen molar-refractivity contribution in [3.05, 3.63) is 0 Å². The summed E-state index contributed by atoms with van der Waals surface area (Å²) < 4.78 is 35.5. The van der Waals surface area contributed by atoms with E-state index in [1.54, 1.807) is 0 Å². The van der Waals surface area contributed by atoms with Crippen LogP contribution in [0.3, 0.4) is 0 Å². The summed E-state index contributed by atoms with van der Waals surface area (Å²) in [5.41, 5.74) is 0. The molecular formula is C7H15ClN2O4. The number of hydrogen-bond donors (Lipinski definition) is 0. The van der Waals surface area contributed by atoms with Crippen LogP contribution in [0.5, 0.6) is 0 Å². The largest absolute Gasteiger partial charge is 0.302 e. The van der Waals surface area contributed by atoms with Crippen molar-refractivity contribution in [3.8, 4) is 0 Å². The second-order valence-electron chi connectivity index (χ2n) is 3.84. The van der Waals surface area contributed by atoms with E-state index in [0.29, 0.717) is 0 Å². The fraction of sp³-hybridized carbons (Fsp3) is 1.00. The lowest BCUT2D eigenvalue weighted by atomic mass is 10.5. The molecule has 6 nitrogen and oxygen atoms in total. The van der Waals surface area contributed by atoms with Crippen LogP contribution in [0.2, 0.25) is 0 Å². The maximum atomic E-state index is 10.4. The van der Waals surface area contributed by atoms with Crippen LogP contribution in [-0.4, -0.2) is 56.2 Å². The number of hydrogen-bond acceptors (Lipinski definition) is 6. The summed E-state index contributed by atoms with van der Waals surface area (Å²) in [6, 6.07) is -0.0811. The molecule has 2 unspecified atom stereocenters. The first-order valence-corrected chi connectivity index (χ1v) is 5.39. The second kappa shape index (κ2) is 3.90. The molecule has 1 fully saturated rings. The third kappa shape index (κ3) is 2.77. The summed E-state index contributed by atoms with van der Waals surface area (Å²) in [7, 11) is 2.95. The summed E-state index contributed by atoms with van der Waals surface area (Å²) >= 11 is 0. The van der Waals surface area contributed by atoms with E-state index in [9.17, 15) is 14.0 Å². The van der Waals surface area contributed by atoms with Gasteiger partial charge in [0.25, 0.3) is 0 Å². The highest BCUT2D eigenvalue weighted by molar-refractivity contribution is 5.10. The predicted molar refractivity (Wildman–Crippen MR) is 39.8 cm³/mol. The Bertz CT molecular complexity index is 192. The lowest BCUT2D eigenvalue weighted by Crippen LogP contribution is -2.61. The number of nitrogens with zero attached hydrogens (tertiary/aromatic N) is 2. The van der Waals surface area contributed by atoms with Gasteiger partial charge in [-0.05, 0) is 28.2 Å². The zero-order valence-electron chi connectivity index (χ0n) is 8.64. The van der Waals surface area contributed by atoms with E-state index in [2.05, 4.69) is 4.29 Å². The van der Waals surface area contributed by atoms with Crippen molar-refractivity contribution < 1.29 is 28.5 Å². The zero-order chi connectivity index (χ0) is 11.1. The lowest BCUT2D eigenvalue weighted by molar-refractivity contribution is -1.92. The standard InChI is InChI=1S/C7H15ClN2O4/c1-9(2)5-6(10(3)4)7(5)14-8(11,12)13/h5-7H,1-4H3. The van der Waals surface area contributed by atoms with Crippen molar-refractivity contribution in [3.63, 3.8) is 0 Å². The van der Waals surface area contributed by atoms with Gasteiger partial charge in [-0.25, -0.2) is 0 Å². The van der Waals surface area contributed by atoms with E-state index in [4.69, 9.17) is 0 Å². The van der Waals surface area contributed by atoms with Gasteiger partial charge in [0.15, 0.2) is 0 Å². The normalized spacial score (nSPS) is 32.8. The Labute approximate surface area is 85.4 Å². The van der Waals surface area contributed by atoms with Crippen LogP contribution in [0.1, 0.15) is 0 Å². The molecule has 14 heavy (non-hydrogen) atoms. The topological polar surface area (TPSA) is 84.9 Å². The minimum absolute atomic E-state index is 0.0405. The Kier molecular flexibility index (Phi) is 3.37. The van der Waals surface area contributed by atoms with Gasteiger partial charge in [-0.2, -0.15) is 14.0 Å². The van der Waals surface area contributed by atoms with E-state index in [1.807, 2.05) is 38.0 Å². The molecule has 2 atom stereocenters. The molecule has 0 heterocycles. The van der Waals surface area contributed by atoms with E-state index >= 15 is 0 Å². The van der Waals surface area contributed by atoms with Crippen LogP contribution in [0.4, 0.5) is 0 Å². The summed E-state index contributed by atoms with van der Waals surface area (Å²) in [6.45, 7) is 0. The van der Waals surface area contributed by atoms with Crippen LogP contribution in [0.15, 0.2) is 0 Å². The van der Waals surface area contributed by atoms with Gasteiger partial charge in [0.05, 0.1) is 26.6 Å². The highest BCUT2D eigenvalue weighted by Gasteiger charge is 2.63. The first kappa shape index (κ1) is 12.1. The van der Waals surface area contributed by atoms with Crippen molar-refractivity contribution in [2.24, 2.45) is 0 Å². The van der Waals surface area contributed by atoms with Crippen LogP contribution in [0, 0.1) is 10.2 Å². The van der Waals surface area contributed by atoms with E-state index in [1.165, 1.54) is 0 Å². The Morgan fingerprint density at radius 1 is 0.929 bits per heavy atom. The first-order valence-electron chi connectivity index (χ1n) is 4.16. The highest BCUT2D eigenvalue weighted by atomic mass is 35.7. The molecule has 1 saturated carbocycles. The van der Waals surface area contributed by atoms with Crippen LogP contribution < -0.4 is 14.0 Å². The molecule has 0 radical (unpaired) electrons. The molecule has 0 amide bonds. The molecule has 84 valence electrons. The van der Waals surface area contributed by atoms with E-state index in [-0.39, 0.29) is 12.1 Å². The lowest BCUT2D eigenvalue weighted by Gasteiger charge is -2.13. The third-order valence-electron chi connectivity index (χ3n) is 2.29. The minimum atomic E-state index is -4.33. The van der Waals surface area contributed by atoms with Crippen LogP contribution >= 0.6 is 0 Å². The van der Waals surface area contributed by atoms with Gasteiger partial charge in [0, 0.05) is 0 Å². The first-order chi connectivity index (χ1) is 6.24. The maximum Gasteiger partial charge on any atom is 0.247 e. The fourth-order valence-electron chi connectivity index (χ4n) is 1.68. The van der Waals surface area contributed by atoms with Crippen molar-refractivity contribution in [1.82, 2.24) is 9.80 Å². The molecule has 7 heteroatoms. The molecule has 0 aromatic carbocycles. The number of likely N-dealkylation sites (N-methyl/N-ethyl adjacent to an activating group) is 2. The quantitative estimate of drug-likeness (QED) is 0.488. The van der Waals surface area contributed by atoms with Gasteiger partial charge in [0.2, 0.25) is 6.10 Å². The Morgan fingerprint density at radius 3 is 1.50 bits per heavy atom. The molecule has 1 aliphatic carbocycles. The maximum absolute atomic E-state index is 10.4. The summed E-state index contributed by atoms with van der Waals surface area (Å²) in [4.78, 5) is 3.69.